The molecule has 0 fully saturated rings. The fourth-order valence-corrected chi connectivity index (χ4v) is 17.1. The van der Waals surface area contributed by atoms with Crippen LogP contribution in [0.15, 0.2) is 36.4 Å². The van der Waals surface area contributed by atoms with E-state index in [9.17, 15) is 15.3 Å². The third-order valence-corrected chi connectivity index (χ3v) is 22.7. The third kappa shape index (κ3) is 35.4. The number of phenolic OH excluding ortho intramolecular Hbond substituents is 3. The highest BCUT2D eigenvalue weighted by molar-refractivity contribution is 7.38. The van der Waals surface area contributed by atoms with Crippen molar-refractivity contribution in [1.82, 2.24) is 0 Å². The topological polar surface area (TPSA) is 182 Å². The molecule has 582 valence electrons. The minimum absolute atomic E-state index is 0.268. The average molecular weight is 1440 g/mol. The van der Waals surface area contributed by atoms with Gasteiger partial charge in [-0.3, -0.25) is 0 Å². The first-order valence-electron chi connectivity index (χ1n) is 41.6. The average Bonchev–Trinajstić information content (AvgIpc) is 0.684. The van der Waals surface area contributed by atoms with Gasteiger partial charge in [-0.1, -0.05) is 398 Å². The summed E-state index contributed by atoms with van der Waals surface area (Å²) in [4.78, 5) is 43.4. The molecule has 9 nitrogen and oxygen atoms in total. The molecule has 3 aromatic carbocycles. The van der Waals surface area contributed by atoms with Crippen LogP contribution in [0.1, 0.15) is 455 Å². The molecular weight excluding hydrogens is 1270 g/mol. The van der Waals surface area contributed by atoms with Gasteiger partial charge in [0.15, 0.2) is 0 Å². The van der Waals surface area contributed by atoms with Crippen LogP contribution in [-0.4, -0.2) is 44.7 Å². The van der Waals surface area contributed by atoms with Gasteiger partial charge < -0.3 is 44.7 Å². The monoisotopic (exact) mass is 1440 g/mol. The molecule has 0 aliphatic rings. The second-order valence-corrected chi connectivity index (χ2v) is 35.4. The minimum atomic E-state index is -2.62. The first-order valence-corrected chi connectivity index (χ1v) is 44.0. The molecule has 0 aliphatic heterocycles. The molecule has 0 saturated carbocycles. The number of rotatable bonds is 53. The standard InChI is InChI=1S/C89H156O3.2H3O3P/c1-18-22-26-30-34-38-42-46-50-54-58-62-87(17,75-69-78(84(8,9)10)81(90)66-72(75)5)88(63-59-55-51-47-43-39-35-31-27-23-19-2,64-60-56-52-48-44-40-36-32-28-24-20-3)89(65-61-57-53-49-45-41-37-33-29-25-21-4,76-70-79(85(11,12)13)82(91)67-73(76)6)77-71-80(86(14,15)16)83(92)68-74(77)7;2*1-4(2)3/h66-71,90-92H,18-65H2,1-17H3;2*1-3H. The van der Waals surface area contributed by atoms with Crippen molar-refractivity contribution >= 4 is 17.2 Å². The van der Waals surface area contributed by atoms with Crippen molar-refractivity contribution in [3.05, 3.63) is 86.5 Å². The van der Waals surface area contributed by atoms with Crippen LogP contribution in [0.25, 0.3) is 0 Å². The molecule has 0 bridgehead atoms. The van der Waals surface area contributed by atoms with E-state index in [1.54, 1.807) is 0 Å². The number of aromatic hydroxyl groups is 3. The molecule has 0 heterocycles. The Morgan fingerprint density at radius 1 is 0.240 bits per heavy atom. The molecule has 3 aromatic rings. The van der Waals surface area contributed by atoms with E-state index in [4.69, 9.17) is 29.4 Å². The summed E-state index contributed by atoms with van der Waals surface area (Å²) in [6, 6.07) is 14.2. The summed E-state index contributed by atoms with van der Waals surface area (Å²) in [5.74, 6) is 1.25. The second-order valence-electron chi connectivity index (χ2n) is 34.3. The lowest BCUT2D eigenvalue weighted by Crippen LogP contribution is -2.59. The van der Waals surface area contributed by atoms with Crippen molar-refractivity contribution in [2.24, 2.45) is 5.41 Å². The molecule has 0 aromatic heterocycles. The van der Waals surface area contributed by atoms with Crippen LogP contribution < -0.4 is 0 Å². The van der Waals surface area contributed by atoms with Gasteiger partial charge in [0, 0.05) is 5.41 Å². The Morgan fingerprint density at radius 3 is 0.640 bits per heavy atom. The van der Waals surface area contributed by atoms with Gasteiger partial charge in [-0.2, -0.15) is 0 Å². The highest BCUT2D eigenvalue weighted by Crippen LogP contribution is 2.68. The lowest BCUT2D eigenvalue weighted by Gasteiger charge is -2.63. The van der Waals surface area contributed by atoms with Crippen LogP contribution >= 0.6 is 17.2 Å². The van der Waals surface area contributed by atoms with Crippen LogP contribution in [0.3, 0.4) is 0 Å². The summed E-state index contributed by atoms with van der Waals surface area (Å²) >= 11 is 0. The highest BCUT2D eigenvalue weighted by Gasteiger charge is 2.62. The maximum atomic E-state index is 12.5. The summed E-state index contributed by atoms with van der Waals surface area (Å²) in [6.45, 7) is 40.0. The third-order valence-electron chi connectivity index (χ3n) is 22.7. The lowest BCUT2D eigenvalue weighted by atomic mass is 9.40. The Hall–Kier alpha value is -2.32. The van der Waals surface area contributed by atoms with E-state index in [2.05, 4.69) is 154 Å². The number of hydrogen-bond acceptors (Lipinski definition) is 9. The Kier molecular flexibility index (Phi) is 50.4. The van der Waals surface area contributed by atoms with Crippen LogP contribution in [0, 0.1) is 26.2 Å². The molecule has 0 radical (unpaired) electrons. The maximum Gasteiger partial charge on any atom is 0.324 e. The first kappa shape index (κ1) is 95.7. The van der Waals surface area contributed by atoms with Gasteiger partial charge in [0.2, 0.25) is 0 Å². The highest BCUT2D eigenvalue weighted by atomic mass is 31.2. The van der Waals surface area contributed by atoms with Gasteiger partial charge in [-0.15, -0.1) is 0 Å². The fourth-order valence-electron chi connectivity index (χ4n) is 17.1. The van der Waals surface area contributed by atoms with Gasteiger partial charge in [0.05, 0.1) is 0 Å². The van der Waals surface area contributed by atoms with Crippen molar-refractivity contribution in [3.63, 3.8) is 0 Å². The zero-order chi connectivity index (χ0) is 75.3. The van der Waals surface area contributed by atoms with Gasteiger partial charge in [0.25, 0.3) is 0 Å². The predicted octanol–water partition coefficient (Wildman–Crippen LogP) is 28.0. The zero-order valence-electron chi connectivity index (χ0n) is 68.3. The first-order chi connectivity index (χ1) is 47.3. The molecule has 1 unspecified atom stereocenters. The Balaban J connectivity index is 0.00000591. The second kappa shape index (κ2) is 52.6. The molecule has 11 heteroatoms. The quantitative estimate of drug-likeness (QED) is 0.0196. The number of hydrogen-bond donors (Lipinski definition) is 9. The van der Waals surface area contributed by atoms with E-state index >= 15 is 0 Å². The lowest BCUT2D eigenvalue weighted by molar-refractivity contribution is -0.000861. The Bertz CT molecular complexity index is 2430. The number of benzene rings is 3. The zero-order valence-corrected chi connectivity index (χ0v) is 70.1. The van der Waals surface area contributed by atoms with E-state index in [1.165, 1.54) is 290 Å². The summed E-state index contributed by atoms with van der Waals surface area (Å²) in [5.41, 5.74) is 8.87. The largest absolute Gasteiger partial charge is 0.508 e. The van der Waals surface area contributed by atoms with E-state index in [1.807, 2.05) is 0 Å². The van der Waals surface area contributed by atoms with Crippen molar-refractivity contribution in [1.29, 1.82) is 0 Å². The normalized spacial score (nSPS) is 13.1. The fraction of sp³-hybridized carbons (Fsp3) is 0.798. The van der Waals surface area contributed by atoms with Crippen molar-refractivity contribution in [2.75, 3.05) is 0 Å². The summed E-state index contributed by atoms with van der Waals surface area (Å²) in [7, 11) is -5.24. The van der Waals surface area contributed by atoms with Crippen LogP contribution in [0.2, 0.25) is 0 Å². The summed E-state index contributed by atoms with van der Waals surface area (Å²) < 4.78 is 0. The molecule has 0 amide bonds. The van der Waals surface area contributed by atoms with Gasteiger partial charge >= 0.3 is 17.2 Å². The molecule has 0 spiro atoms. The summed E-state index contributed by atoms with van der Waals surface area (Å²) in [6.07, 6.45) is 61.9. The molecule has 0 aliphatic carbocycles. The van der Waals surface area contributed by atoms with Crippen molar-refractivity contribution in [2.45, 2.75) is 453 Å². The number of unbranched alkanes of at least 4 members (excludes halogenated alkanes) is 40. The predicted molar refractivity (Wildman–Crippen MR) is 437 cm³/mol. The van der Waals surface area contributed by atoms with E-state index < -0.39 is 22.6 Å². The number of phenols is 3. The smallest absolute Gasteiger partial charge is 0.324 e. The molecular formula is C89H162O9P2. The van der Waals surface area contributed by atoms with Crippen LogP contribution in [0.5, 0.6) is 17.2 Å². The maximum absolute atomic E-state index is 12.5. The van der Waals surface area contributed by atoms with E-state index in [0.29, 0.717) is 17.2 Å². The van der Waals surface area contributed by atoms with Crippen molar-refractivity contribution < 1.29 is 44.7 Å². The van der Waals surface area contributed by atoms with Crippen LogP contribution in [-0.2, 0) is 27.1 Å². The molecule has 9 N–H and O–H groups in total. The van der Waals surface area contributed by atoms with Gasteiger partial charge in [-0.25, -0.2) is 0 Å². The van der Waals surface area contributed by atoms with E-state index in [-0.39, 0.29) is 27.1 Å². The Labute approximate surface area is 620 Å². The van der Waals surface area contributed by atoms with E-state index in [0.717, 1.165) is 68.1 Å². The van der Waals surface area contributed by atoms with Crippen molar-refractivity contribution in [3.8, 4) is 17.2 Å². The van der Waals surface area contributed by atoms with Crippen LogP contribution in [0.4, 0.5) is 0 Å². The SMILES string of the molecule is CCCCCCCCCCCCCC(C)(c1cc(C(C)(C)C)c(O)cc1C)C(CCCCCCCCCCCCC)(CCCCCCCCCCCCC)C(CCCCCCCCCCCCC)(c1cc(C(C)(C)C)c(O)cc1C)c1cc(C(C)(C)C)c(O)cc1C.OP(O)O.OP(O)O. The van der Waals surface area contributed by atoms with Gasteiger partial charge in [0.1, 0.15) is 17.2 Å². The molecule has 1 atom stereocenters. The summed E-state index contributed by atoms with van der Waals surface area (Å²) in [5, 5.41) is 37.2. The molecule has 3 rings (SSSR count). The Morgan fingerprint density at radius 2 is 0.420 bits per heavy atom. The van der Waals surface area contributed by atoms with Gasteiger partial charge in [-0.05, 0) is 142 Å². The number of aryl methyl sites for hydroxylation is 3. The minimum Gasteiger partial charge on any atom is -0.508 e. The molecule has 0 saturated heterocycles. The molecule has 100 heavy (non-hydrogen) atoms.